The summed E-state index contributed by atoms with van der Waals surface area (Å²) in [6, 6.07) is 6.18. The lowest BCUT2D eigenvalue weighted by Gasteiger charge is -2.18. The Balaban J connectivity index is 2.65. The van der Waals surface area contributed by atoms with Gasteiger partial charge in [0.15, 0.2) is 0 Å². The second kappa shape index (κ2) is 5.53. The summed E-state index contributed by atoms with van der Waals surface area (Å²) < 4.78 is 36.3. The van der Waals surface area contributed by atoms with Crippen LogP contribution in [0.5, 0.6) is 0 Å². The fraction of sp³-hybridized carbons (Fsp3) is 0.400. The third-order valence-electron chi connectivity index (χ3n) is 2.15. The van der Waals surface area contributed by atoms with Crippen LogP contribution in [0.1, 0.15) is 5.56 Å². The Labute approximate surface area is 97.6 Å². The van der Waals surface area contributed by atoms with E-state index in [1.54, 1.807) is 12.1 Å². The number of rotatable bonds is 4. The second-order valence-corrected chi connectivity index (χ2v) is 3.91. The van der Waals surface area contributed by atoms with Gasteiger partial charge in [0.2, 0.25) is 0 Å². The molecule has 17 heavy (non-hydrogen) atoms. The maximum Gasteiger partial charge on any atom is 0.488 e. The fourth-order valence-corrected chi connectivity index (χ4v) is 1.53. The minimum atomic E-state index is -4.23. The van der Waals surface area contributed by atoms with Gasteiger partial charge in [-0.25, -0.2) is 0 Å². The zero-order valence-corrected chi connectivity index (χ0v) is 9.28. The van der Waals surface area contributed by atoms with Gasteiger partial charge < -0.3 is 10.0 Å². The van der Waals surface area contributed by atoms with Gasteiger partial charge in [0.1, 0.15) is 0 Å². The van der Waals surface area contributed by atoms with E-state index in [4.69, 9.17) is 10.0 Å². The third-order valence-corrected chi connectivity index (χ3v) is 2.15. The summed E-state index contributed by atoms with van der Waals surface area (Å²) in [6.07, 6.45) is -4.23. The van der Waals surface area contributed by atoms with E-state index >= 15 is 0 Å². The minimum absolute atomic E-state index is 0.0973. The largest absolute Gasteiger partial charge is 0.488 e. The maximum atomic E-state index is 12.1. The molecule has 1 rings (SSSR count). The van der Waals surface area contributed by atoms with Crippen LogP contribution in [-0.4, -0.2) is 41.8 Å². The van der Waals surface area contributed by atoms with Gasteiger partial charge in [-0.3, -0.25) is 4.90 Å². The number of alkyl halides is 3. The molecule has 7 heteroatoms. The highest BCUT2D eigenvalue weighted by Crippen LogP contribution is 2.16. The van der Waals surface area contributed by atoms with Crippen molar-refractivity contribution in [2.24, 2.45) is 0 Å². The molecular weight excluding hydrogens is 234 g/mol. The Bertz CT molecular complexity index is 371. The molecule has 94 valence electrons. The molecule has 3 nitrogen and oxygen atoms in total. The van der Waals surface area contributed by atoms with E-state index in [-0.39, 0.29) is 12.0 Å². The Morgan fingerprint density at radius 2 is 1.94 bits per heavy atom. The van der Waals surface area contributed by atoms with E-state index in [0.717, 1.165) is 4.90 Å². The second-order valence-electron chi connectivity index (χ2n) is 3.91. The average Bonchev–Trinajstić information content (AvgIpc) is 2.14. The molecule has 0 bridgehead atoms. The number of benzene rings is 1. The molecule has 0 amide bonds. The molecule has 0 saturated carbocycles. The topological polar surface area (TPSA) is 43.7 Å². The van der Waals surface area contributed by atoms with E-state index in [1.807, 2.05) is 0 Å². The molecule has 0 aromatic heterocycles. The van der Waals surface area contributed by atoms with Crippen molar-refractivity contribution in [3.8, 4) is 0 Å². The lowest BCUT2D eigenvalue weighted by molar-refractivity contribution is -0.144. The van der Waals surface area contributed by atoms with Crippen LogP contribution in [0.4, 0.5) is 13.2 Å². The van der Waals surface area contributed by atoms with E-state index in [2.05, 4.69) is 0 Å². The van der Waals surface area contributed by atoms with Crippen molar-refractivity contribution in [3.63, 3.8) is 0 Å². The summed E-state index contributed by atoms with van der Waals surface area (Å²) in [7, 11) is -0.252. The maximum absolute atomic E-state index is 12.1. The van der Waals surface area contributed by atoms with Crippen molar-refractivity contribution < 1.29 is 23.2 Å². The number of halogens is 3. The van der Waals surface area contributed by atoms with Crippen molar-refractivity contribution in [2.45, 2.75) is 12.7 Å². The van der Waals surface area contributed by atoms with E-state index < -0.39 is 19.8 Å². The lowest BCUT2D eigenvalue weighted by Crippen LogP contribution is -2.32. The molecule has 1 aromatic rings. The SMILES string of the molecule is CN(Cc1cccc(B(O)O)c1)CC(F)(F)F. The Morgan fingerprint density at radius 1 is 1.29 bits per heavy atom. The van der Waals surface area contributed by atoms with Gasteiger partial charge in [0.05, 0.1) is 6.54 Å². The molecule has 0 aliphatic rings. The van der Waals surface area contributed by atoms with Crippen LogP contribution in [0.15, 0.2) is 24.3 Å². The van der Waals surface area contributed by atoms with Crippen molar-refractivity contribution in [3.05, 3.63) is 29.8 Å². The normalized spacial score (nSPS) is 11.9. The van der Waals surface area contributed by atoms with Gasteiger partial charge in [-0.15, -0.1) is 0 Å². The molecule has 0 heterocycles. The van der Waals surface area contributed by atoms with Crippen molar-refractivity contribution >= 4 is 12.6 Å². The van der Waals surface area contributed by atoms with Gasteiger partial charge in [0, 0.05) is 6.54 Å². The third kappa shape index (κ3) is 5.21. The number of hydrogen-bond donors (Lipinski definition) is 2. The predicted octanol–water partition coefficient (Wildman–Crippen LogP) is 0.360. The van der Waals surface area contributed by atoms with Crippen LogP contribution in [0.25, 0.3) is 0 Å². The van der Waals surface area contributed by atoms with Crippen LogP contribution in [-0.2, 0) is 6.54 Å². The van der Waals surface area contributed by atoms with E-state index in [9.17, 15) is 13.2 Å². The monoisotopic (exact) mass is 247 g/mol. The first-order valence-electron chi connectivity index (χ1n) is 4.98. The van der Waals surface area contributed by atoms with Crippen molar-refractivity contribution in [1.82, 2.24) is 4.90 Å². The van der Waals surface area contributed by atoms with Crippen molar-refractivity contribution in [1.29, 1.82) is 0 Å². The smallest absolute Gasteiger partial charge is 0.423 e. The Kier molecular flexibility index (Phi) is 4.56. The molecule has 1 aromatic carbocycles. The highest BCUT2D eigenvalue weighted by Gasteiger charge is 2.29. The molecule has 0 radical (unpaired) electrons. The number of hydrogen-bond acceptors (Lipinski definition) is 3. The molecule has 0 spiro atoms. The Hall–Kier alpha value is -1.05. The zero-order valence-electron chi connectivity index (χ0n) is 9.28. The van der Waals surface area contributed by atoms with Crippen molar-refractivity contribution in [2.75, 3.05) is 13.6 Å². The summed E-state index contributed by atoms with van der Waals surface area (Å²) in [6.45, 7) is -0.904. The minimum Gasteiger partial charge on any atom is -0.423 e. The van der Waals surface area contributed by atoms with Gasteiger partial charge in [-0.1, -0.05) is 24.3 Å². The highest BCUT2D eigenvalue weighted by molar-refractivity contribution is 6.58. The average molecular weight is 247 g/mol. The quantitative estimate of drug-likeness (QED) is 0.755. The first-order valence-corrected chi connectivity index (χ1v) is 4.98. The molecule has 0 aliphatic heterocycles. The first-order chi connectivity index (χ1) is 7.78. The summed E-state index contributed by atoms with van der Waals surface area (Å²) in [5.74, 6) is 0. The zero-order chi connectivity index (χ0) is 13.1. The number of nitrogens with zero attached hydrogens (tertiary/aromatic N) is 1. The van der Waals surface area contributed by atoms with Crippen LogP contribution < -0.4 is 5.46 Å². The fourth-order valence-electron chi connectivity index (χ4n) is 1.53. The van der Waals surface area contributed by atoms with Crippen LogP contribution >= 0.6 is 0 Å². The molecule has 0 aliphatic carbocycles. The molecule has 0 fully saturated rings. The molecular formula is C10H13BF3NO2. The molecule has 0 unspecified atom stereocenters. The van der Waals surface area contributed by atoms with Crippen LogP contribution in [0.3, 0.4) is 0 Å². The highest BCUT2D eigenvalue weighted by atomic mass is 19.4. The summed E-state index contributed by atoms with van der Waals surface area (Å²) in [4.78, 5) is 1.11. The van der Waals surface area contributed by atoms with Gasteiger partial charge >= 0.3 is 13.3 Å². The predicted molar refractivity (Wildman–Crippen MR) is 58.7 cm³/mol. The summed E-state index contributed by atoms with van der Waals surface area (Å²) in [5.41, 5.74) is 0.866. The lowest BCUT2D eigenvalue weighted by atomic mass is 9.79. The van der Waals surface area contributed by atoms with E-state index in [1.165, 1.54) is 19.2 Å². The van der Waals surface area contributed by atoms with Gasteiger partial charge in [0.25, 0.3) is 0 Å². The first kappa shape index (κ1) is 14.0. The summed E-state index contributed by atoms with van der Waals surface area (Å²) >= 11 is 0. The standard InChI is InChI=1S/C10H13BF3NO2/c1-15(7-10(12,13)14)6-8-3-2-4-9(5-8)11(16)17/h2-5,16-17H,6-7H2,1H3. The molecule has 2 N–H and O–H groups in total. The summed E-state index contributed by atoms with van der Waals surface area (Å²) in [5, 5.41) is 17.9. The molecule has 0 atom stereocenters. The van der Waals surface area contributed by atoms with Crippen LogP contribution in [0.2, 0.25) is 0 Å². The van der Waals surface area contributed by atoms with Crippen LogP contribution in [0, 0.1) is 0 Å². The van der Waals surface area contributed by atoms with Gasteiger partial charge in [-0.2, -0.15) is 13.2 Å². The van der Waals surface area contributed by atoms with Gasteiger partial charge in [-0.05, 0) is 18.1 Å². The Morgan fingerprint density at radius 3 is 2.47 bits per heavy atom. The van der Waals surface area contributed by atoms with E-state index in [0.29, 0.717) is 5.56 Å². The molecule has 0 saturated heterocycles.